The first-order valence-corrected chi connectivity index (χ1v) is 7.93. The van der Waals surface area contributed by atoms with Gasteiger partial charge in [-0.1, -0.05) is 66.9 Å². The Hall–Kier alpha value is -0.300. The first-order chi connectivity index (χ1) is 8.21. The number of hydrogen-bond donors (Lipinski definition) is 0. The lowest BCUT2D eigenvalue weighted by Gasteiger charge is -2.21. The summed E-state index contributed by atoms with van der Waals surface area (Å²) in [7, 11) is 0. The van der Waals surface area contributed by atoms with E-state index < -0.39 is 0 Å². The van der Waals surface area contributed by atoms with E-state index in [4.69, 9.17) is 0 Å². The highest BCUT2D eigenvalue weighted by molar-refractivity contribution is 9.09. The third-order valence-electron chi connectivity index (χ3n) is 3.81. The lowest BCUT2D eigenvalue weighted by molar-refractivity contribution is 0.374. The van der Waals surface area contributed by atoms with Gasteiger partial charge < -0.3 is 0 Å². The second-order valence-electron chi connectivity index (χ2n) is 5.07. The summed E-state index contributed by atoms with van der Waals surface area (Å²) in [5, 5.41) is 1.12. The quantitative estimate of drug-likeness (QED) is 0.593. The van der Waals surface area contributed by atoms with Crippen LogP contribution in [0.2, 0.25) is 0 Å². The van der Waals surface area contributed by atoms with Crippen molar-refractivity contribution in [3.8, 4) is 0 Å². The first-order valence-electron chi connectivity index (χ1n) is 6.81. The zero-order chi connectivity index (χ0) is 12.7. The molecule has 0 amide bonds. The van der Waals surface area contributed by atoms with Gasteiger partial charge in [-0.05, 0) is 42.7 Å². The van der Waals surface area contributed by atoms with E-state index in [9.17, 15) is 0 Å². The van der Waals surface area contributed by atoms with E-state index in [2.05, 4.69) is 61.0 Å². The van der Waals surface area contributed by atoms with E-state index in [1.807, 2.05) is 0 Å². The van der Waals surface area contributed by atoms with Crippen LogP contribution < -0.4 is 0 Å². The Morgan fingerprint density at radius 3 is 2.24 bits per heavy atom. The molecule has 0 aliphatic carbocycles. The Morgan fingerprint density at radius 1 is 1.06 bits per heavy atom. The second kappa shape index (κ2) is 7.92. The molecule has 1 aromatic carbocycles. The number of hydrogen-bond acceptors (Lipinski definition) is 0. The maximum Gasteiger partial charge on any atom is 0.00629 e. The molecule has 0 saturated heterocycles. The van der Waals surface area contributed by atoms with Crippen LogP contribution in [0.4, 0.5) is 0 Å². The van der Waals surface area contributed by atoms with Crippen molar-refractivity contribution < 1.29 is 0 Å². The Labute approximate surface area is 115 Å². The van der Waals surface area contributed by atoms with Crippen molar-refractivity contribution in [1.82, 2.24) is 0 Å². The van der Waals surface area contributed by atoms with E-state index in [1.165, 1.54) is 36.8 Å². The summed E-state index contributed by atoms with van der Waals surface area (Å²) in [5.41, 5.74) is 2.95. The van der Waals surface area contributed by atoms with Crippen molar-refractivity contribution in [1.29, 1.82) is 0 Å². The first kappa shape index (κ1) is 14.8. The minimum absolute atomic E-state index is 0.779. The Balaban J connectivity index is 2.61. The number of halogens is 1. The van der Waals surface area contributed by atoms with Crippen molar-refractivity contribution in [2.24, 2.45) is 11.8 Å². The highest BCUT2D eigenvalue weighted by Crippen LogP contribution is 2.24. The third-order valence-corrected chi connectivity index (χ3v) is 4.73. The van der Waals surface area contributed by atoms with Crippen molar-refractivity contribution in [3.05, 3.63) is 35.4 Å². The molecule has 1 rings (SSSR count). The van der Waals surface area contributed by atoms with E-state index in [0.29, 0.717) is 0 Å². The number of rotatable bonds is 7. The largest absolute Gasteiger partial charge is 0.0925 e. The summed E-state index contributed by atoms with van der Waals surface area (Å²) in [6, 6.07) is 8.78. The molecular formula is C16H25Br. The fraction of sp³-hybridized carbons (Fsp3) is 0.625. The highest BCUT2D eigenvalue weighted by atomic mass is 79.9. The predicted molar refractivity (Wildman–Crippen MR) is 80.9 cm³/mol. The summed E-state index contributed by atoms with van der Waals surface area (Å²) >= 11 is 3.68. The van der Waals surface area contributed by atoms with Gasteiger partial charge in [0.05, 0.1) is 0 Å². The van der Waals surface area contributed by atoms with Gasteiger partial charge in [-0.25, -0.2) is 0 Å². The van der Waals surface area contributed by atoms with E-state index in [-0.39, 0.29) is 0 Å². The van der Waals surface area contributed by atoms with Crippen molar-refractivity contribution in [3.63, 3.8) is 0 Å². The number of aryl methyl sites for hydroxylation is 1. The molecule has 0 spiro atoms. The van der Waals surface area contributed by atoms with Gasteiger partial charge in [-0.3, -0.25) is 0 Å². The van der Waals surface area contributed by atoms with Crippen LogP contribution in [0.1, 0.15) is 44.2 Å². The lowest BCUT2D eigenvalue weighted by Crippen LogP contribution is -2.12. The van der Waals surface area contributed by atoms with Crippen LogP contribution in [0.25, 0.3) is 0 Å². The standard InChI is InChI=1S/C16H25Br/c1-4-14(5-2)10-15(12-17)11-16-9-7-6-8-13(16)3/h6-9,14-15H,4-5,10-12H2,1-3H3. The molecule has 0 aliphatic rings. The molecule has 0 heterocycles. The van der Waals surface area contributed by atoms with Gasteiger partial charge in [-0.2, -0.15) is 0 Å². The molecule has 0 saturated carbocycles. The molecule has 0 aliphatic heterocycles. The maximum absolute atomic E-state index is 3.68. The van der Waals surface area contributed by atoms with Crippen LogP contribution in [0.3, 0.4) is 0 Å². The van der Waals surface area contributed by atoms with Gasteiger partial charge in [0, 0.05) is 5.33 Å². The Bertz CT molecular complexity index is 315. The summed E-state index contributed by atoms with van der Waals surface area (Å²) in [6.07, 6.45) is 5.20. The van der Waals surface area contributed by atoms with Gasteiger partial charge in [0.15, 0.2) is 0 Å². The van der Waals surface area contributed by atoms with Gasteiger partial charge in [0.1, 0.15) is 0 Å². The van der Waals surface area contributed by atoms with Crippen LogP contribution >= 0.6 is 15.9 Å². The van der Waals surface area contributed by atoms with Gasteiger partial charge >= 0.3 is 0 Å². The average Bonchev–Trinajstić information content (AvgIpc) is 2.36. The predicted octanol–water partition coefficient (Wildman–Crippen LogP) is 5.37. The zero-order valence-corrected chi connectivity index (χ0v) is 13.0. The monoisotopic (exact) mass is 296 g/mol. The van der Waals surface area contributed by atoms with Crippen LogP contribution in [0, 0.1) is 18.8 Å². The molecule has 0 nitrogen and oxygen atoms in total. The number of benzene rings is 1. The second-order valence-corrected chi connectivity index (χ2v) is 5.72. The van der Waals surface area contributed by atoms with E-state index in [0.717, 1.165) is 17.2 Å². The van der Waals surface area contributed by atoms with E-state index >= 15 is 0 Å². The molecule has 0 fully saturated rings. The topological polar surface area (TPSA) is 0 Å². The van der Waals surface area contributed by atoms with Crippen LogP contribution in [-0.2, 0) is 6.42 Å². The van der Waals surface area contributed by atoms with Crippen molar-refractivity contribution in [2.45, 2.75) is 46.5 Å². The average molecular weight is 297 g/mol. The molecule has 0 bridgehead atoms. The molecular weight excluding hydrogens is 272 g/mol. The molecule has 0 aromatic heterocycles. The molecule has 1 atom stereocenters. The minimum Gasteiger partial charge on any atom is -0.0925 e. The van der Waals surface area contributed by atoms with Crippen molar-refractivity contribution >= 4 is 15.9 Å². The summed E-state index contributed by atoms with van der Waals surface area (Å²) in [4.78, 5) is 0. The smallest absolute Gasteiger partial charge is 0.00629 e. The number of alkyl halides is 1. The maximum atomic E-state index is 3.68. The van der Waals surface area contributed by atoms with Crippen molar-refractivity contribution in [2.75, 3.05) is 5.33 Å². The van der Waals surface area contributed by atoms with Crippen LogP contribution in [0.5, 0.6) is 0 Å². The summed E-state index contributed by atoms with van der Waals surface area (Å²) in [5.74, 6) is 1.67. The molecule has 0 radical (unpaired) electrons. The van der Waals surface area contributed by atoms with Gasteiger partial charge in [0.25, 0.3) is 0 Å². The third kappa shape index (κ3) is 4.83. The minimum atomic E-state index is 0.779. The van der Waals surface area contributed by atoms with Crippen LogP contribution in [0.15, 0.2) is 24.3 Å². The molecule has 96 valence electrons. The SMILES string of the molecule is CCC(CC)CC(CBr)Cc1ccccc1C. The van der Waals surface area contributed by atoms with Gasteiger partial charge in [0.2, 0.25) is 0 Å². The normalized spacial score (nSPS) is 13.0. The fourth-order valence-electron chi connectivity index (χ4n) is 2.44. The van der Waals surface area contributed by atoms with E-state index in [1.54, 1.807) is 0 Å². The molecule has 1 heteroatoms. The van der Waals surface area contributed by atoms with Crippen LogP contribution in [-0.4, -0.2) is 5.33 Å². The summed E-state index contributed by atoms with van der Waals surface area (Å²) in [6.45, 7) is 6.85. The summed E-state index contributed by atoms with van der Waals surface area (Å²) < 4.78 is 0. The molecule has 1 aromatic rings. The Kier molecular flexibility index (Phi) is 6.87. The zero-order valence-electron chi connectivity index (χ0n) is 11.4. The fourth-order valence-corrected chi connectivity index (χ4v) is 2.94. The lowest BCUT2D eigenvalue weighted by atomic mass is 9.87. The van der Waals surface area contributed by atoms with Gasteiger partial charge in [-0.15, -0.1) is 0 Å². The Morgan fingerprint density at radius 2 is 1.71 bits per heavy atom. The highest BCUT2D eigenvalue weighted by Gasteiger charge is 2.14. The molecule has 0 N–H and O–H groups in total. The molecule has 17 heavy (non-hydrogen) atoms. The molecule has 1 unspecified atom stereocenters.